The van der Waals surface area contributed by atoms with Crippen LogP contribution in [0.15, 0.2) is 24.9 Å². The minimum absolute atomic E-state index is 0.226. The van der Waals surface area contributed by atoms with Gasteiger partial charge in [0.25, 0.3) is 0 Å². The van der Waals surface area contributed by atoms with Crippen LogP contribution in [-0.4, -0.2) is 25.6 Å². The zero-order valence-corrected chi connectivity index (χ0v) is 12.0. The van der Waals surface area contributed by atoms with E-state index in [1.807, 2.05) is 24.1 Å². The molecule has 0 bridgehead atoms. The quantitative estimate of drug-likeness (QED) is 0.828. The largest absolute Gasteiger partial charge is 0.340 e. The van der Waals surface area contributed by atoms with Crippen LogP contribution in [0, 0.1) is 0 Å². The van der Waals surface area contributed by atoms with E-state index in [1.165, 1.54) is 0 Å². The third kappa shape index (κ3) is 3.44. The number of likely N-dealkylation sites (N-methyl/N-ethyl adjacent to an activating group) is 1. The predicted molar refractivity (Wildman–Crippen MR) is 75.8 cm³/mol. The number of rotatable bonds is 7. The predicted octanol–water partition coefficient (Wildman–Crippen LogP) is 1.92. The van der Waals surface area contributed by atoms with Crippen LogP contribution in [0.3, 0.4) is 0 Å². The van der Waals surface area contributed by atoms with Crippen LogP contribution in [0.1, 0.15) is 37.8 Å². The van der Waals surface area contributed by atoms with E-state index in [4.69, 9.17) is 0 Å². The van der Waals surface area contributed by atoms with Gasteiger partial charge in [0.2, 0.25) is 0 Å². The first-order valence-corrected chi connectivity index (χ1v) is 6.95. The Morgan fingerprint density at radius 2 is 2.16 bits per heavy atom. The lowest BCUT2D eigenvalue weighted by Crippen LogP contribution is -2.24. The number of nitrogens with one attached hydrogen (secondary N) is 1. The van der Waals surface area contributed by atoms with E-state index in [0.717, 1.165) is 37.4 Å². The maximum atomic E-state index is 4.48. The number of nitrogens with zero attached hydrogens (tertiary/aromatic N) is 4. The lowest BCUT2D eigenvalue weighted by atomic mass is 10.1. The van der Waals surface area contributed by atoms with Gasteiger partial charge in [0.1, 0.15) is 5.82 Å². The molecule has 0 saturated carbocycles. The summed E-state index contributed by atoms with van der Waals surface area (Å²) >= 11 is 0. The molecular formula is C14H23N5. The molecule has 0 aromatic carbocycles. The van der Waals surface area contributed by atoms with E-state index in [9.17, 15) is 0 Å². The second-order valence-electron chi connectivity index (χ2n) is 4.82. The van der Waals surface area contributed by atoms with Gasteiger partial charge in [-0.1, -0.05) is 13.8 Å². The van der Waals surface area contributed by atoms with Gasteiger partial charge in [-0.3, -0.25) is 0 Å². The van der Waals surface area contributed by atoms with Gasteiger partial charge in [-0.15, -0.1) is 0 Å². The number of hydrogen-bond donors (Lipinski definition) is 1. The highest BCUT2D eigenvalue weighted by Crippen LogP contribution is 2.16. The molecule has 19 heavy (non-hydrogen) atoms. The molecule has 0 saturated heterocycles. The van der Waals surface area contributed by atoms with Gasteiger partial charge in [0.15, 0.2) is 0 Å². The summed E-state index contributed by atoms with van der Waals surface area (Å²) < 4.78 is 4.21. The molecule has 0 aliphatic carbocycles. The smallest absolute Gasteiger partial charge is 0.110 e. The molecular weight excluding hydrogens is 238 g/mol. The number of imidazole rings is 2. The second-order valence-corrected chi connectivity index (χ2v) is 4.82. The van der Waals surface area contributed by atoms with E-state index in [0.29, 0.717) is 0 Å². The second kappa shape index (κ2) is 6.52. The van der Waals surface area contributed by atoms with Gasteiger partial charge < -0.3 is 14.5 Å². The molecule has 2 heterocycles. The molecule has 0 aliphatic rings. The summed E-state index contributed by atoms with van der Waals surface area (Å²) in [5, 5.41) is 3.49. The summed E-state index contributed by atoms with van der Waals surface area (Å²) in [6, 6.07) is 0.226. The van der Waals surface area contributed by atoms with Crippen molar-refractivity contribution in [3.63, 3.8) is 0 Å². The van der Waals surface area contributed by atoms with Gasteiger partial charge in [-0.05, 0) is 13.0 Å². The number of aromatic nitrogens is 4. The molecule has 2 aromatic rings. The maximum Gasteiger partial charge on any atom is 0.110 e. The zero-order valence-electron chi connectivity index (χ0n) is 12.0. The first kappa shape index (κ1) is 13.8. The molecule has 0 amide bonds. The molecule has 0 spiro atoms. The van der Waals surface area contributed by atoms with Crippen LogP contribution in [0.5, 0.6) is 0 Å². The van der Waals surface area contributed by atoms with E-state index < -0.39 is 0 Å². The molecule has 104 valence electrons. The van der Waals surface area contributed by atoms with Gasteiger partial charge in [0, 0.05) is 38.6 Å². The number of hydrogen-bond acceptors (Lipinski definition) is 3. The fraction of sp³-hybridized carbons (Fsp3) is 0.571. The van der Waals surface area contributed by atoms with Crippen molar-refractivity contribution in [2.45, 2.75) is 39.3 Å². The molecule has 1 atom stereocenters. The van der Waals surface area contributed by atoms with Crippen molar-refractivity contribution in [1.29, 1.82) is 0 Å². The van der Waals surface area contributed by atoms with E-state index in [2.05, 4.69) is 46.1 Å². The summed E-state index contributed by atoms with van der Waals surface area (Å²) in [7, 11) is 2.00. The average Bonchev–Trinajstić information content (AvgIpc) is 2.99. The van der Waals surface area contributed by atoms with Crippen molar-refractivity contribution < 1.29 is 0 Å². The Labute approximate surface area is 114 Å². The van der Waals surface area contributed by atoms with Crippen molar-refractivity contribution in [3.8, 4) is 0 Å². The summed E-state index contributed by atoms with van der Waals surface area (Å²) in [6.45, 7) is 6.25. The van der Waals surface area contributed by atoms with Crippen molar-refractivity contribution in [1.82, 2.24) is 24.4 Å². The molecule has 2 rings (SSSR count). The first-order valence-electron chi connectivity index (χ1n) is 6.95. The fourth-order valence-corrected chi connectivity index (χ4v) is 2.30. The maximum absolute atomic E-state index is 4.48. The van der Waals surface area contributed by atoms with Crippen molar-refractivity contribution >= 4 is 0 Å². The lowest BCUT2D eigenvalue weighted by molar-refractivity contribution is 0.507. The number of aryl methyl sites for hydroxylation is 2. The monoisotopic (exact) mass is 261 g/mol. The zero-order chi connectivity index (χ0) is 13.7. The SMILES string of the molecule is CCCn1ccnc1CC(NCC)c1cn(C)cn1. The fourth-order valence-electron chi connectivity index (χ4n) is 2.30. The van der Waals surface area contributed by atoms with Gasteiger partial charge in [-0.25, -0.2) is 9.97 Å². The third-order valence-corrected chi connectivity index (χ3v) is 3.19. The molecule has 1 N–H and O–H groups in total. The summed E-state index contributed by atoms with van der Waals surface area (Å²) in [4.78, 5) is 8.93. The standard InChI is InChI=1S/C14H23N5/c1-4-7-19-8-6-16-14(19)9-12(15-5-2)13-10-18(3)11-17-13/h6,8,10-12,15H,4-5,7,9H2,1-3H3. The van der Waals surface area contributed by atoms with Crippen molar-refractivity contribution in [3.05, 3.63) is 36.4 Å². The first-order chi connectivity index (χ1) is 9.24. The molecule has 5 nitrogen and oxygen atoms in total. The van der Waals surface area contributed by atoms with Gasteiger partial charge in [-0.2, -0.15) is 0 Å². The highest BCUT2D eigenvalue weighted by Gasteiger charge is 2.16. The third-order valence-electron chi connectivity index (χ3n) is 3.19. The van der Waals surface area contributed by atoms with Crippen molar-refractivity contribution in [2.75, 3.05) is 6.54 Å². The molecule has 0 radical (unpaired) electrons. The highest BCUT2D eigenvalue weighted by molar-refractivity contribution is 5.08. The Hall–Kier alpha value is -1.62. The van der Waals surface area contributed by atoms with Crippen LogP contribution in [0.2, 0.25) is 0 Å². The van der Waals surface area contributed by atoms with Gasteiger partial charge >= 0.3 is 0 Å². The minimum Gasteiger partial charge on any atom is -0.340 e. The lowest BCUT2D eigenvalue weighted by Gasteiger charge is -2.16. The van der Waals surface area contributed by atoms with E-state index in [1.54, 1.807) is 0 Å². The van der Waals surface area contributed by atoms with E-state index in [-0.39, 0.29) is 6.04 Å². The molecule has 5 heteroatoms. The Bertz CT molecular complexity index is 499. The van der Waals surface area contributed by atoms with Gasteiger partial charge in [0.05, 0.1) is 18.1 Å². The topological polar surface area (TPSA) is 47.7 Å². The Kier molecular flexibility index (Phi) is 4.74. The summed E-state index contributed by atoms with van der Waals surface area (Å²) in [6.07, 6.45) is 9.85. The average molecular weight is 261 g/mol. The minimum atomic E-state index is 0.226. The van der Waals surface area contributed by atoms with E-state index >= 15 is 0 Å². The van der Waals surface area contributed by atoms with Crippen LogP contribution < -0.4 is 5.32 Å². The normalized spacial score (nSPS) is 12.8. The summed E-state index contributed by atoms with van der Waals surface area (Å²) in [5.74, 6) is 1.12. The Balaban J connectivity index is 2.14. The van der Waals surface area contributed by atoms with Crippen LogP contribution in [0.4, 0.5) is 0 Å². The van der Waals surface area contributed by atoms with Crippen LogP contribution >= 0.6 is 0 Å². The molecule has 0 aliphatic heterocycles. The molecule has 0 fully saturated rings. The van der Waals surface area contributed by atoms with Crippen LogP contribution in [-0.2, 0) is 20.0 Å². The molecule has 1 unspecified atom stereocenters. The van der Waals surface area contributed by atoms with Crippen LogP contribution in [0.25, 0.3) is 0 Å². The van der Waals surface area contributed by atoms with Crippen molar-refractivity contribution in [2.24, 2.45) is 7.05 Å². The molecule has 2 aromatic heterocycles. The highest BCUT2D eigenvalue weighted by atomic mass is 15.1. The summed E-state index contributed by atoms with van der Waals surface area (Å²) in [5.41, 5.74) is 1.08. The Morgan fingerprint density at radius 1 is 1.32 bits per heavy atom. The Morgan fingerprint density at radius 3 is 2.79 bits per heavy atom.